The lowest BCUT2D eigenvalue weighted by Gasteiger charge is -2.27. The number of pyridine rings is 1. The van der Waals surface area contributed by atoms with Gasteiger partial charge in [0.25, 0.3) is 11.5 Å². The molecule has 2 heterocycles. The number of ether oxygens (including phenoxy) is 2. The van der Waals surface area contributed by atoms with Crippen LogP contribution in [0.1, 0.15) is 33.9 Å². The van der Waals surface area contributed by atoms with E-state index in [1.807, 2.05) is 0 Å². The summed E-state index contributed by atoms with van der Waals surface area (Å²) in [7, 11) is 0. The van der Waals surface area contributed by atoms with Gasteiger partial charge in [-0.15, -0.1) is 0 Å². The van der Waals surface area contributed by atoms with Crippen LogP contribution in [0.5, 0.6) is 0 Å². The molecule has 2 unspecified atom stereocenters. The van der Waals surface area contributed by atoms with Crippen LogP contribution in [-0.2, 0) is 9.47 Å². The van der Waals surface area contributed by atoms with E-state index in [4.69, 9.17) is 15.2 Å². The second-order valence-corrected chi connectivity index (χ2v) is 6.66. The number of benzene rings is 1. The number of nitrogens with zero attached hydrogens (tertiary/aromatic N) is 1. The van der Waals surface area contributed by atoms with Gasteiger partial charge in [0, 0.05) is 6.20 Å². The smallest absolute Gasteiger partial charge is 0.338 e. The van der Waals surface area contributed by atoms with Crippen molar-refractivity contribution in [2.24, 2.45) is 5.73 Å². The van der Waals surface area contributed by atoms with E-state index >= 15 is 0 Å². The normalized spacial score (nSPS) is 26.8. The second-order valence-electron chi connectivity index (χ2n) is 6.66. The van der Waals surface area contributed by atoms with Gasteiger partial charge >= 0.3 is 5.97 Å². The maximum atomic E-state index is 12.5. The van der Waals surface area contributed by atoms with Crippen molar-refractivity contribution in [3.8, 4) is 0 Å². The molecule has 1 saturated heterocycles. The minimum absolute atomic E-state index is 0.282. The van der Waals surface area contributed by atoms with Crippen LogP contribution in [0, 0.1) is 0 Å². The van der Waals surface area contributed by atoms with Crippen LogP contribution in [0.25, 0.3) is 0 Å². The average Bonchev–Trinajstić information content (AvgIpc) is 2.90. The lowest BCUT2D eigenvalue weighted by atomic mass is 9.96. The highest BCUT2D eigenvalue weighted by Gasteiger charge is 2.53. The molecule has 3 rings (SSSR count). The van der Waals surface area contributed by atoms with Crippen LogP contribution in [0.4, 0.5) is 0 Å². The molecule has 0 saturated carbocycles. The lowest BCUT2D eigenvalue weighted by molar-refractivity contribution is -0.0985. The average molecular weight is 388 g/mol. The fourth-order valence-corrected chi connectivity index (χ4v) is 3.08. The van der Waals surface area contributed by atoms with Crippen molar-refractivity contribution in [2.75, 3.05) is 6.61 Å². The van der Waals surface area contributed by atoms with Gasteiger partial charge in [0.05, 0.1) is 5.56 Å². The number of primary amides is 1. The number of amides is 1. The van der Waals surface area contributed by atoms with Crippen molar-refractivity contribution in [1.29, 1.82) is 0 Å². The number of hydrogen-bond donors (Lipinski definition) is 3. The molecule has 9 heteroatoms. The molecule has 0 aliphatic carbocycles. The number of hydrogen-bond acceptors (Lipinski definition) is 7. The van der Waals surface area contributed by atoms with Gasteiger partial charge in [-0.05, 0) is 31.2 Å². The largest absolute Gasteiger partial charge is 0.459 e. The van der Waals surface area contributed by atoms with E-state index in [-0.39, 0.29) is 12.2 Å². The Hall–Kier alpha value is -3.01. The van der Waals surface area contributed by atoms with Crippen LogP contribution >= 0.6 is 0 Å². The van der Waals surface area contributed by atoms with E-state index in [1.165, 1.54) is 25.3 Å². The molecule has 4 N–H and O–H groups in total. The Morgan fingerprint density at radius 1 is 1.25 bits per heavy atom. The first-order valence-corrected chi connectivity index (χ1v) is 8.52. The van der Waals surface area contributed by atoms with Crippen molar-refractivity contribution in [3.63, 3.8) is 0 Å². The third kappa shape index (κ3) is 3.55. The van der Waals surface area contributed by atoms with Gasteiger partial charge < -0.3 is 25.4 Å². The summed E-state index contributed by atoms with van der Waals surface area (Å²) in [4.78, 5) is 35.9. The van der Waals surface area contributed by atoms with Crippen LogP contribution < -0.4 is 11.3 Å². The molecule has 1 amide bonds. The predicted octanol–water partition coefficient (Wildman–Crippen LogP) is -0.187. The number of carbonyl (C=O) groups excluding carboxylic acids is 2. The Morgan fingerprint density at radius 3 is 2.57 bits per heavy atom. The fourth-order valence-electron chi connectivity index (χ4n) is 3.08. The summed E-state index contributed by atoms with van der Waals surface area (Å²) in [6.45, 7) is 0.941. The molecule has 1 aliphatic rings. The van der Waals surface area contributed by atoms with Crippen molar-refractivity contribution in [2.45, 2.75) is 31.0 Å². The third-order valence-electron chi connectivity index (χ3n) is 4.64. The maximum Gasteiger partial charge on any atom is 0.338 e. The van der Waals surface area contributed by atoms with Crippen LogP contribution in [0.3, 0.4) is 0 Å². The number of carbonyl (C=O) groups is 2. The first-order valence-electron chi connectivity index (χ1n) is 8.52. The predicted molar refractivity (Wildman–Crippen MR) is 96.5 cm³/mol. The van der Waals surface area contributed by atoms with Gasteiger partial charge in [-0.2, -0.15) is 0 Å². The summed E-state index contributed by atoms with van der Waals surface area (Å²) in [6.07, 6.45) is -2.55. The highest BCUT2D eigenvalue weighted by molar-refractivity contribution is 5.92. The first kappa shape index (κ1) is 19.7. The molecule has 1 fully saturated rings. The van der Waals surface area contributed by atoms with Crippen molar-refractivity contribution >= 4 is 11.9 Å². The Balaban J connectivity index is 1.79. The molecule has 28 heavy (non-hydrogen) atoms. The zero-order valence-electron chi connectivity index (χ0n) is 15.0. The molecular weight excluding hydrogens is 368 g/mol. The molecule has 9 nitrogen and oxygen atoms in total. The summed E-state index contributed by atoms with van der Waals surface area (Å²) in [5.74, 6) is -1.54. The molecule has 1 aliphatic heterocycles. The number of esters is 1. The molecule has 0 bridgehead atoms. The number of aromatic nitrogens is 1. The SMILES string of the molecule is CC1(O)C(O)[C@@H](COC(=O)c2ccccc2)O[C@H]1n1cccc(C(N)=O)c1=O. The Bertz CT molecular complexity index is 939. The van der Waals surface area contributed by atoms with Gasteiger partial charge in [0.15, 0.2) is 6.23 Å². The summed E-state index contributed by atoms with van der Waals surface area (Å²) in [5, 5.41) is 21.1. The third-order valence-corrected chi connectivity index (χ3v) is 4.64. The van der Waals surface area contributed by atoms with E-state index < -0.39 is 41.5 Å². The van der Waals surface area contributed by atoms with E-state index in [0.29, 0.717) is 5.56 Å². The molecule has 0 spiro atoms. The van der Waals surface area contributed by atoms with Crippen molar-refractivity contribution in [3.05, 3.63) is 70.1 Å². The van der Waals surface area contributed by atoms with Gasteiger partial charge in [-0.1, -0.05) is 18.2 Å². The number of aliphatic hydroxyl groups is 2. The minimum Gasteiger partial charge on any atom is -0.459 e. The zero-order valence-corrected chi connectivity index (χ0v) is 15.0. The molecule has 0 radical (unpaired) electrons. The molecule has 148 valence electrons. The quantitative estimate of drug-likeness (QED) is 0.603. The van der Waals surface area contributed by atoms with Crippen molar-refractivity contribution in [1.82, 2.24) is 4.57 Å². The van der Waals surface area contributed by atoms with Gasteiger partial charge in [-0.3, -0.25) is 14.2 Å². The summed E-state index contributed by atoms with van der Waals surface area (Å²) in [6, 6.07) is 10.9. The highest BCUT2D eigenvalue weighted by atomic mass is 16.6. The monoisotopic (exact) mass is 388 g/mol. The van der Waals surface area contributed by atoms with Gasteiger partial charge in [0.1, 0.15) is 30.0 Å². The van der Waals surface area contributed by atoms with Crippen LogP contribution in [0.15, 0.2) is 53.5 Å². The van der Waals surface area contributed by atoms with E-state index in [2.05, 4.69) is 0 Å². The fraction of sp³-hybridized carbons (Fsp3) is 0.316. The second kappa shape index (κ2) is 7.55. The summed E-state index contributed by atoms with van der Waals surface area (Å²) < 4.78 is 11.7. The summed E-state index contributed by atoms with van der Waals surface area (Å²) >= 11 is 0. The van der Waals surface area contributed by atoms with E-state index in [9.17, 15) is 24.6 Å². The van der Waals surface area contributed by atoms with Gasteiger partial charge in [0.2, 0.25) is 0 Å². The standard InChI is InChI=1S/C19H20N2O7/c1-19(26)14(22)13(10-27-17(25)11-6-3-2-4-7-11)28-18(19)21-9-5-8-12(15(20)23)16(21)24/h2-9,13-14,18,22,26H,10H2,1H3,(H2,20,23)/t13-,14?,18-,19?/m1/s1. The van der Waals surface area contributed by atoms with E-state index in [0.717, 1.165) is 4.57 Å². The molecule has 2 aromatic rings. The Labute approximate surface area is 159 Å². The summed E-state index contributed by atoms with van der Waals surface area (Å²) in [5.41, 5.74) is 2.56. The van der Waals surface area contributed by atoms with Crippen LogP contribution in [-0.4, -0.2) is 51.1 Å². The number of aliphatic hydroxyl groups excluding tert-OH is 1. The number of nitrogens with two attached hydrogens (primary N) is 1. The van der Waals surface area contributed by atoms with Gasteiger partial charge in [-0.25, -0.2) is 4.79 Å². The topological polar surface area (TPSA) is 141 Å². The number of rotatable bonds is 5. The lowest BCUT2D eigenvalue weighted by Crippen LogP contribution is -2.46. The highest BCUT2D eigenvalue weighted by Crippen LogP contribution is 2.37. The van der Waals surface area contributed by atoms with Crippen molar-refractivity contribution < 1.29 is 29.3 Å². The van der Waals surface area contributed by atoms with Crippen LogP contribution in [0.2, 0.25) is 0 Å². The Morgan fingerprint density at radius 2 is 1.93 bits per heavy atom. The molecular formula is C19H20N2O7. The molecule has 4 atom stereocenters. The minimum atomic E-state index is -1.89. The first-order chi connectivity index (χ1) is 13.2. The molecule has 1 aromatic carbocycles. The Kier molecular flexibility index (Phi) is 5.32. The van der Waals surface area contributed by atoms with E-state index in [1.54, 1.807) is 30.3 Å². The molecule has 1 aromatic heterocycles. The maximum absolute atomic E-state index is 12.5. The zero-order chi connectivity index (χ0) is 20.5.